The van der Waals surface area contributed by atoms with Crippen LogP contribution in [0.3, 0.4) is 0 Å². The third-order valence-electron chi connectivity index (χ3n) is 1.68. The minimum atomic E-state index is -1.34. The van der Waals surface area contributed by atoms with E-state index in [0.29, 0.717) is 6.42 Å². The summed E-state index contributed by atoms with van der Waals surface area (Å²) in [5.74, 6) is 0. The smallest absolute Gasteiger partial charge is 0.151 e. The van der Waals surface area contributed by atoms with Gasteiger partial charge in [-0.25, -0.2) is 0 Å². The van der Waals surface area contributed by atoms with Gasteiger partial charge < -0.3 is 10.2 Å². The molecule has 0 spiro atoms. The predicted molar refractivity (Wildman–Crippen MR) is 65.4 cm³/mol. The maximum atomic E-state index is 8.97. The van der Waals surface area contributed by atoms with Crippen molar-refractivity contribution in [3.63, 3.8) is 0 Å². The summed E-state index contributed by atoms with van der Waals surface area (Å²) in [5.41, 5.74) is 0. The Labute approximate surface area is 98.7 Å². The summed E-state index contributed by atoms with van der Waals surface area (Å²) >= 11 is 7.26. The standard InChI is InChI=1S/C8H15NO2S3/c1-8(5-9,4-3-6(10)11)14-7(12)13-2/h6-7,10-12H,3-4H2,1-2H3/t7-,8?/m1/s1. The van der Waals surface area contributed by atoms with Crippen LogP contribution < -0.4 is 0 Å². The van der Waals surface area contributed by atoms with Gasteiger partial charge in [0.1, 0.15) is 4.75 Å². The second-order valence-corrected chi connectivity index (χ2v) is 7.09. The van der Waals surface area contributed by atoms with E-state index in [9.17, 15) is 0 Å². The molecule has 0 heterocycles. The lowest BCUT2D eigenvalue weighted by Gasteiger charge is -2.23. The molecule has 2 atom stereocenters. The maximum absolute atomic E-state index is 8.97. The van der Waals surface area contributed by atoms with Crippen LogP contribution in [0, 0.1) is 11.3 Å². The molecule has 0 aliphatic heterocycles. The zero-order valence-electron chi connectivity index (χ0n) is 8.17. The second-order valence-electron chi connectivity index (χ2n) is 3.02. The van der Waals surface area contributed by atoms with Gasteiger partial charge in [0, 0.05) is 6.42 Å². The van der Waals surface area contributed by atoms with Crippen LogP contribution in [0.25, 0.3) is 0 Å². The molecule has 82 valence electrons. The van der Waals surface area contributed by atoms with Gasteiger partial charge in [-0.1, -0.05) is 0 Å². The molecule has 14 heavy (non-hydrogen) atoms. The van der Waals surface area contributed by atoms with Crippen LogP contribution in [0.15, 0.2) is 0 Å². The number of hydrogen-bond donors (Lipinski definition) is 3. The van der Waals surface area contributed by atoms with Gasteiger partial charge in [-0.05, 0) is 19.6 Å². The monoisotopic (exact) mass is 253 g/mol. The fourth-order valence-corrected chi connectivity index (χ4v) is 3.27. The minimum Gasteiger partial charge on any atom is -0.368 e. The van der Waals surface area contributed by atoms with Gasteiger partial charge in [-0.2, -0.15) is 17.9 Å². The highest BCUT2D eigenvalue weighted by molar-refractivity contribution is 8.28. The van der Waals surface area contributed by atoms with Crippen LogP contribution in [0.1, 0.15) is 19.8 Å². The second kappa shape index (κ2) is 6.85. The van der Waals surface area contributed by atoms with Gasteiger partial charge in [0.15, 0.2) is 6.29 Å². The lowest BCUT2D eigenvalue weighted by molar-refractivity contribution is -0.0469. The first kappa shape index (κ1) is 14.5. The Hall–Kier alpha value is 0.460. The minimum absolute atomic E-state index is 0.0375. The summed E-state index contributed by atoms with van der Waals surface area (Å²) in [5, 5.41) is 26.4. The molecular formula is C8H15NO2S3. The molecular weight excluding hydrogens is 238 g/mol. The van der Waals surface area contributed by atoms with Gasteiger partial charge in [-0.3, -0.25) is 0 Å². The van der Waals surface area contributed by atoms with E-state index in [0.717, 1.165) is 0 Å². The lowest BCUT2D eigenvalue weighted by Crippen LogP contribution is -2.22. The zero-order valence-corrected chi connectivity index (χ0v) is 10.7. The first-order chi connectivity index (χ1) is 6.43. The van der Waals surface area contributed by atoms with Crippen molar-refractivity contribution in [2.75, 3.05) is 6.26 Å². The Kier molecular flexibility index (Phi) is 7.08. The van der Waals surface area contributed by atoms with Gasteiger partial charge in [0.2, 0.25) is 0 Å². The van der Waals surface area contributed by atoms with Crippen molar-refractivity contribution in [3.8, 4) is 6.07 Å². The van der Waals surface area contributed by atoms with Gasteiger partial charge >= 0.3 is 0 Å². The highest BCUT2D eigenvalue weighted by Crippen LogP contribution is 2.38. The van der Waals surface area contributed by atoms with Crippen LogP contribution in [-0.4, -0.2) is 31.4 Å². The van der Waals surface area contributed by atoms with Crippen molar-refractivity contribution in [2.45, 2.75) is 34.7 Å². The average Bonchev–Trinajstić information content (AvgIpc) is 2.14. The number of nitriles is 1. The molecule has 1 unspecified atom stereocenters. The van der Waals surface area contributed by atoms with E-state index in [-0.39, 0.29) is 10.3 Å². The average molecular weight is 253 g/mol. The van der Waals surface area contributed by atoms with Crippen LogP contribution in [0.5, 0.6) is 0 Å². The maximum Gasteiger partial charge on any atom is 0.151 e. The third-order valence-corrected chi connectivity index (χ3v) is 4.91. The Morgan fingerprint density at radius 1 is 1.57 bits per heavy atom. The van der Waals surface area contributed by atoms with Gasteiger partial charge in [-0.15, -0.1) is 23.5 Å². The number of nitrogens with zero attached hydrogens (tertiary/aromatic N) is 1. The van der Waals surface area contributed by atoms with E-state index >= 15 is 0 Å². The van der Waals surface area contributed by atoms with Crippen LogP contribution in [-0.2, 0) is 0 Å². The fraction of sp³-hybridized carbons (Fsp3) is 0.875. The molecule has 0 amide bonds. The molecule has 0 bridgehead atoms. The van der Waals surface area contributed by atoms with Crippen molar-refractivity contribution in [3.05, 3.63) is 0 Å². The molecule has 0 aromatic heterocycles. The number of rotatable bonds is 6. The number of hydrogen-bond acceptors (Lipinski definition) is 6. The Bertz CT molecular complexity index is 207. The molecule has 2 N–H and O–H groups in total. The van der Waals surface area contributed by atoms with E-state index in [1.165, 1.54) is 11.8 Å². The van der Waals surface area contributed by atoms with Crippen LogP contribution in [0.2, 0.25) is 0 Å². The normalized spacial score (nSPS) is 17.5. The molecule has 6 heteroatoms. The molecule has 0 aromatic rings. The van der Waals surface area contributed by atoms with Crippen molar-refractivity contribution in [1.82, 2.24) is 0 Å². The molecule has 0 radical (unpaired) electrons. The third kappa shape index (κ3) is 6.04. The Balaban J connectivity index is 4.13. The largest absolute Gasteiger partial charge is 0.368 e. The SMILES string of the molecule is CS[C@@H](S)SC(C)(C#N)CCC(O)O. The molecule has 0 rings (SSSR count). The summed E-state index contributed by atoms with van der Waals surface area (Å²) in [6.45, 7) is 1.79. The first-order valence-corrected chi connectivity index (χ1v) is 6.78. The van der Waals surface area contributed by atoms with Gasteiger partial charge in [0.25, 0.3) is 0 Å². The Morgan fingerprint density at radius 2 is 2.14 bits per heavy atom. The van der Waals surface area contributed by atoms with E-state index in [1.54, 1.807) is 18.7 Å². The highest BCUT2D eigenvalue weighted by Gasteiger charge is 2.27. The summed E-state index contributed by atoms with van der Waals surface area (Å²) in [7, 11) is 0. The molecule has 0 aliphatic rings. The van der Waals surface area contributed by atoms with Crippen molar-refractivity contribution < 1.29 is 10.2 Å². The van der Waals surface area contributed by atoms with E-state index < -0.39 is 11.0 Å². The number of aliphatic hydroxyl groups is 2. The van der Waals surface area contributed by atoms with Gasteiger partial charge in [0.05, 0.1) is 9.98 Å². The number of thiol groups is 1. The van der Waals surface area contributed by atoms with Crippen LogP contribution in [0.4, 0.5) is 0 Å². The lowest BCUT2D eigenvalue weighted by atomic mass is 10.1. The molecule has 3 nitrogen and oxygen atoms in total. The molecule has 0 aliphatic carbocycles. The van der Waals surface area contributed by atoms with Crippen molar-refractivity contribution in [2.24, 2.45) is 0 Å². The Morgan fingerprint density at radius 3 is 2.50 bits per heavy atom. The van der Waals surface area contributed by atoms with Crippen LogP contribution >= 0.6 is 36.2 Å². The number of thioether (sulfide) groups is 2. The topological polar surface area (TPSA) is 64.2 Å². The zero-order chi connectivity index (χ0) is 11.2. The fourth-order valence-electron chi connectivity index (χ4n) is 0.816. The first-order valence-electron chi connectivity index (χ1n) is 4.09. The summed E-state index contributed by atoms with van der Waals surface area (Å²) in [4.78, 5) is 0. The van der Waals surface area contributed by atoms with E-state index in [2.05, 4.69) is 18.7 Å². The molecule has 0 saturated heterocycles. The van der Waals surface area contributed by atoms with Crippen molar-refractivity contribution >= 4 is 36.2 Å². The van der Waals surface area contributed by atoms with E-state index in [4.69, 9.17) is 15.5 Å². The number of aliphatic hydroxyl groups excluding tert-OH is 1. The summed E-state index contributed by atoms with van der Waals surface area (Å²) in [6, 6.07) is 2.18. The molecule has 0 saturated carbocycles. The quantitative estimate of drug-likeness (QED) is 0.496. The van der Waals surface area contributed by atoms with Crippen molar-refractivity contribution in [1.29, 1.82) is 5.26 Å². The highest BCUT2D eigenvalue weighted by atomic mass is 32.3. The van der Waals surface area contributed by atoms with E-state index in [1.807, 2.05) is 6.26 Å². The predicted octanol–water partition coefficient (Wildman–Crippen LogP) is 1.67. The summed E-state index contributed by atoms with van der Waals surface area (Å²) < 4.78 is -0.561. The molecule has 0 fully saturated rings. The molecule has 0 aromatic carbocycles. The summed E-state index contributed by atoms with van der Waals surface area (Å²) in [6.07, 6.45) is 1.24.